The molecule has 0 amide bonds. The summed E-state index contributed by atoms with van der Waals surface area (Å²) >= 11 is 7.31. The molecule has 0 heterocycles. The molecule has 0 aliphatic heterocycles. The Labute approximate surface area is 154 Å². The van der Waals surface area contributed by atoms with Gasteiger partial charge in [-0.2, -0.15) is 13.2 Å². The molecule has 25 heavy (non-hydrogen) atoms. The summed E-state index contributed by atoms with van der Waals surface area (Å²) in [6.45, 7) is 3.82. The average Bonchev–Trinajstić information content (AvgIpc) is 2.50. The minimum absolute atomic E-state index is 0.296. The number of aliphatic imine (C=N–C) groups is 1. The monoisotopic (exact) mass is 386 g/mol. The molecule has 134 valence electrons. The van der Waals surface area contributed by atoms with Crippen LogP contribution in [0.25, 0.3) is 0 Å². The van der Waals surface area contributed by atoms with Crippen LogP contribution in [0.3, 0.4) is 0 Å². The van der Waals surface area contributed by atoms with Gasteiger partial charge in [-0.15, -0.1) is 0 Å². The molecule has 0 aliphatic carbocycles. The van der Waals surface area contributed by atoms with Gasteiger partial charge in [-0.3, -0.25) is 0 Å². The van der Waals surface area contributed by atoms with Gasteiger partial charge in [0.05, 0.1) is 22.6 Å². The molecule has 0 aromatic heterocycles. The van der Waals surface area contributed by atoms with Crippen molar-refractivity contribution in [3.63, 3.8) is 0 Å². The number of aryl methyl sites for hydroxylation is 2. The van der Waals surface area contributed by atoms with Crippen molar-refractivity contribution in [3.8, 4) is 0 Å². The van der Waals surface area contributed by atoms with E-state index in [2.05, 4.69) is 4.99 Å². The number of hydrogen-bond donors (Lipinski definition) is 0. The van der Waals surface area contributed by atoms with Crippen LogP contribution in [0.15, 0.2) is 45.1 Å². The Morgan fingerprint density at radius 2 is 1.72 bits per heavy atom. The molecule has 0 N–H and O–H groups in total. The van der Waals surface area contributed by atoms with E-state index in [-0.39, 0.29) is 0 Å². The summed E-state index contributed by atoms with van der Waals surface area (Å²) < 4.78 is 38.7. The highest BCUT2D eigenvalue weighted by atomic mass is 35.5. The van der Waals surface area contributed by atoms with E-state index in [4.69, 9.17) is 11.6 Å². The molecule has 2 rings (SSSR count). The molecule has 0 spiro atoms. The maximum Gasteiger partial charge on any atom is 0.416 e. The van der Waals surface area contributed by atoms with E-state index in [1.165, 1.54) is 17.8 Å². The molecule has 7 heteroatoms. The predicted octanol–water partition coefficient (Wildman–Crippen LogP) is 6.35. The fraction of sp³-hybridized carbons (Fsp3) is 0.278. The lowest BCUT2D eigenvalue weighted by molar-refractivity contribution is -0.137. The second kappa shape index (κ2) is 7.70. The number of benzene rings is 2. The highest BCUT2D eigenvalue weighted by Crippen LogP contribution is 2.40. The zero-order valence-electron chi connectivity index (χ0n) is 14.3. The van der Waals surface area contributed by atoms with Crippen molar-refractivity contribution in [3.05, 3.63) is 52.0 Å². The van der Waals surface area contributed by atoms with Crippen molar-refractivity contribution in [1.29, 1.82) is 0 Å². The lowest BCUT2D eigenvalue weighted by Crippen LogP contribution is -2.07. The van der Waals surface area contributed by atoms with Gasteiger partial charge in [0.25, 0.3) is 0 Å². The molecule has 2 aromatic carbocycles. The summed E-state index contributed by atoms with van der Waals surface area (Å²) in [5.41, 5.74) is 1.98. The molecule has 0 saturated heterocycles. The van der Waals surface area contributed by atoms with Crippen LogP contribution in [0.1, 0.15) is 16.7 Å². The number of rotatable bonds is 4. The Morgan fingerprint density at radius 1 is 1.04 bits per heavy atom. The Morgan fingerprint density at radius 3 is 2.32 bits per heavy atom. The van der Waals surface area contributed by atoms with Crippen LogP contribution in [0, 0.1) is 13.8 Å². The van der Waals surface area contributed by atoms with Gasteiger partial charge in [-0.1, -0.05) is 23.4 Å². The first-order valence-electron chi connectivity index (χ1n) is 7.44. The summed E-state index contributed by atoms with van der Waals surface area (Å²) in [7, 11) is 3.76. The number of alkyl halides is 3. The fourth-order valence-corrected chi connectivity index (χ4v) is 3.35. The maximum atomic E-state index is 12.9. The largest absolute Gasteiger partial charge is 0.416 e. The van der Waals surface area contributed by atoms with Crippen LogP contribution in [0.4, 0.5) is 18.9 Å². The van der Waals surface area contributed by atoms with Gasteiger partial charge >= 0.3 is 6.18 Å². The summed E-state index contributed by atoms with van der Waals surface area (Å²) in [5.74, 6) is 0. The highest BCUT2D eigenvalue weighted by molar-refractivity contribution is 7.99. The van der Waals surface area contributed by atoms with Gasteiger partial charge in [0.2, 0.25) is 0 Å². The standard InChI is InChI=1S/C18H18ClF3N2S/c1-11-8-16(12(2)7-15(11)23-10-24(3)4)25-17-9-13(18(20,21)22)5-6-14(17)19/h5-10H,1-4H3. The lowest BCUT2D eigenvalue weighted by Gasteiger charge is -2.13. The molecule has 0 fully saturated rings. The first-order valence-corrected chi connectivity index (χ1v) is 8.64. The number of nitrogens with zero attached hydrogens (tertiary/aromatic N) is 2. The molecular formula is C18H18ClF3N2S. The van der Waals surface area contributed by atoms with Crippen LogP contribution in [0.5, 0.6) is 0 Å². The van der Waals surface area contributed by atoms with Gasteiger partial charge in [0.1, 0.15) is 0 Å². The summed E-state index contributed by atoms with van der Waals surface area (Å²) in [6, 6.07) is 7.19. The van der Waals surface area contributed by atoms with E-state index in [1.807, 2.05) is 45.0 Å². The smallest absolute Gasteiger partial charge is 0.369 e. The van der Waals surface area contributed by atoms with Crippen molar-refractivity contribution in [1.82, 2.24) is 4.90 Å². The van der Waals surface area contributed by atoms with E-state index in [9.17, 15) is 13.2 Å². The molecule has 0 saturated carbocycles. The van der Waals surface area contributed by atoms with Gasteiger partial charge < -0.3 is 4.90 Å². The lowest BCUT2D eigenvalue weighted by atomic mass is 10.1. The van der Waals surface area contributed by atoms with E-state index >= 15 is 0 Å². The van der Waals surface area contributed by atoms with Gasteiger partial charge in [0, 0.05) is 23.9 Å². The van der Waals surface area contributed by atoms with E-state index < -0.39 is 11.7 Å². The zero-order chi connectivity index (χ0) is 18.8. The summed E-state index contributed by atoms with van der Waals surface area (Å²) in [5, 5.41) is 0.296. The Hall–Kier alpha value is -1.66. The fourth-order valence-electron chi connectivity index (χ4n) is 2.08. The summed E-state index contributed by atoms with van der Waals surface area (Å²) in [6.07, 6.45) is -2.69. The third kappa shape index (κ3) is 5.16. The van der Waals surface area contributed by atoms with Crippen LogP contribution >= 0.6 is 23.4 Å². The molecule has 2 aromatic rings. The molecular weight excluding hydrogens is 369 g/mol. The predicted molar refractivity (Wildman–Crippen MR) is 98.3 cm³/mol. The maximum absolute atomic E-state index is 12.9. The van der Waals surface area contributed by atoms with Gasteiger partial charge in [-0.05, 0) is 55.3 Å². The first-order chi connectivity index (χ1) is 11.6. The van der Waals surface area contributed by atoms with Crippen molar-refractivity contribution < 1.29 is 13.2 Å². The molecule has 0 aliphatic rings. The van der Waals surface area contributed by atoms with Crippen molar-refractivity contribution in [2.75, 3.05) is 14.1 Å². The van der Waals surface area contributed by atoms with Crippen LogP contribution in [-0.4, -0.2) is 25.3 Å². The van der Waals surface area contributed by atoms with Crippen LogP contribution < -0.4 is 0 Å². The van der Waals surface area contributed by atoms with E-state index in [1.54, 1.807) is 6.34 Å². The van der Waals surface area contributed by atoms with Gasteiger partial charge in [0.15, 0.2) is 0 Å². The molecule has 0 unspecified atom stereocenters. The first kappa shape index (κ1) is 19.7. The van der Waals surface area contributed by atoms with E-state index in [0.29, 0.717) is 9.92 Å². The zero-order valence-corrected chi connectivity index (χ0v) is 15.9. The molecule has 0 radical (unpaired) electrons. The normalized spacial score (nSPS) is 12.0. The number of hydrogen-bond acceptors (Lipinski definition) is 2. The average molecular weight is 387 g/mol. The van der Waals surface area contributed by atoms with Crippen molar-refractivity contribution in [2.24, 2.45) is 4.99 Å². The van der Waals surface area contributed by atoms with E-state index in [0.717, 1.165) is 33.8 Å². The number of halogens is 4. The van der Waals surface area contributed by atoms with Crippen LogP contribution in [-0.2, 0) is 6.18 Å². The van der Waals surface area contributed by atoms with Gasteiger partial charge in [-0.25, -0.2) is 4.99 Å². The Balaban J connectivity index is 2.37. The molecule has 0 atom stereocenters. The van der Waals surface area contributed by atoms with Crippen molar-refractivity contribution >= 4 is 35.4 Å². The third-order valence-electron chi connectivity index (χ3n) is 3.40. The molecule has 2 nitrogen and oxygen atoms in total. The second-order valence-corrected chi connectivity index (χ2v) is 7.35. The summed E-state index contributed by atoms with van der Waals surface area (Å²) in [4.78, 5) is 7.46. The Kier molecular flexibility index (Phi) is 6.06. The second-order valence-electron chi connectivity index (χ2n) is 5.86. The SMILES string of the molecule is Cc1cc(Sc2cc(C(F)(F)F)ccc2Cl)c(C)cc1N=CN(C)C. The quantitative estimate of drug-likeness (QED) is 0.449. The Bertz CT molecular complexity index is 802. The third-order valence-corrected chi connectivity index (χ3v) is 5.06. The topological polar surface area (TPSA) is 15.6 Å². The minimum Gasteiger partial charge on any atom is -0.369 e. The minimum atomic E-state index is -4.39. The van der Waals surface area contributed by atoms with Crippen molar-refractivity contribution in [2.45, 2.75) is 29.8 Å². The highest BCUT2D eigenvalue weighted by Gasteiger charge is 2.31. The van der Waals surface area contributed by atoms with Crippen LogP contribution in [0.2, 0.25) is 5.02 Å². The molecule has 0 bridgehead atoms.